The lowest BCUT2D eigenvalue weighted by molar-refractivity contribution is 0.0950. The number of aliphatic hydroxyl groups is 1. The number of nitrogens with two attached hydrogens (primary N) is 1. The third kappa shape index (κ3) is 2.87. The Labute approximate surface area is 125 Å². The number of nitrogen functional groups attached to an aromatic ring is 1. The zero-order valence-electron chi connectivity index (χ0n) is 11.4. The summed E-state index contributed by atoms with van der Waals surface area (Å²) < 4.78 is 14.0. The van der Waals surface area contributed by atoms with Gasteiger partial charge >= 0.3 is 0 Å². The highest BCUT2D eigenvalue weighted by molar-refractivity contribution is 7.21. The summed E-state index contributed by atoms with van der Waals surface area (Å²) in [7, 11) is 0. The first-order valence-electron chi connectivity index (χ1n) is 6.98. The van der Waals surface area contributed by atoms with Crippen molar-refractivity contribution in [2.45, 2.75) is 25.4 Å². The van der Waals surface area contributed by atoms with E-state index in [0.29, 0.717) is 28.4 Å². The van der Waals surface area contributed by atoms with E-state index in [2.05, 4.69) is 5.32 Å². The maximum Gasteiger partial charge on any atom is 0.263 e. The summed E-state index contributed by atoms with van der Waals surface area (Å²) in [6.45, 7) is 0.540. The molecule has 2 atom stereocenters. The Kier molecular flexibility index (Phi) is 3.82. The van der Waals surface area contributed by atoms with Gasteiger partial charge in [0.25, 0.3) is 5.91 Å². The second-order valence-electron chi connectivity index (χ2n) is 5.53. The number of rotatable bonds is 3. The maximum atomic E-state index is 13.2. The Bertz CT molecular complexity index is 686. The van der Waals surface area contributed by atoms with Gasteiger partial charge in [0.1, 0.15) is 10.7 Å². The zero-order chi connectivity index (χ0) is 15.0. The fraction of sp³-hybridized carbons (Fsp3) is 0.400. The number of carbonyl (C=O) groups excluding carboxylic acids is 1. The highest BCUT2D eigenvalue weighted by Gasteiger charge is 2.24. The highest BCUT2D eigenvalue weighted by Crippen LogP contribution is 2.34. The van der Waals surface area contributed by atoms with Gasteiger partial charge in [-0.3, -0.25) is 4.79 Å². The molecule has 0 radical (unpaired) electrons. The number of benzene rings is 1. The number of hydrogen-bond donors (Lipinski definition) is 3. The Hall–Kier alpha value is -1.66. The van der Waals surface area contributed by atoms with Crippen LogP contribution in [0.4, 0.5) is 10.1 Å². The van der Waals surface area contributed by atoms with E-state index in [9.17, 15) is 14.3 Å². The number of carbonyl (C=O) groups is 1. The molecule has 1 heterocycles. The smallest absolute Gasteiger partial charge is 0.263 e. The molecule has 1 aromatic carbocycles. The summed E-state index contributed by atoms with van der Waals surface area (Å²) in [5, 5.41) is 12.9. The standard InChI is InChI=1S/C15H17FN2O2S/c16-9-2-4-12-11(6-9)13(17)14(21-12)15(20)18-7-8-1-3-10(19)5-8/h2,4,6,8,10,19H,1,3,5,7,17H2,(H,18,20). The van der Waals surface area contributed by atoms with Crippen molar-refractivity contribution in [3.05, 3.63) is 28.9 Å². The van der Waals surface area contributed by atoms with Crippen molar-refractivity contribution in [3.8, 4) is 0 Å². The van der Waals surface area contributed by atoms with Crippen molar-refractivity contribution in [1.29, 1.82) is 0 Å². The van der Waals surface area contributed by atoms with Crippen molar-refractivity contribution in [1.82, 2.24) is 5.32 Å². The summed E-state index contributed by atoms with van der Waals surface area (Å²) in [6.07, 6.45) is 2.21. The third-order valence-electron chi connectivity index (χ3n) is 3.96. The fourth-order valence-corrected chi connectivity index (χ4v) is 3.83. The van der Waals surface area contributed by atoms with Crippen molar-refractivity contribution in [2.75, 3.05) is 12.3 Å². The number of aliphatic hydroxyl groups excluding tert-OH is 1. The third-order valence-corrected chi connectivity index (χ3v) is 5.14. The van der Waals surface area contributed by atoms with Crippen molar-refractivity contribution >= 4 is 33.0 Å². The van der Waals surface area contributed by atoms with Gasteiger partial charge in [-0.25, -0.2) is 4.39 Å². The molecule has 4 nitrogen and oxygen atoms in total. The monoisotopic (exact) mass is 308 g/mol. The van der Waals surface area contributed by atoms with E-state index in [4.69, 9.17) is 5.73 Å². The minimum Gasteiger partial charge on any atom is -0.397 e. The molecule has 1 fully saturated rings. The zero-order valence-corrected chi connectivity index (χ0v) is 12.3. The van der Waals surface area contributed by atoms with Crippen LogP contribution in [0.2, 0.25) is 0 Å². The predicted octanol–water partition coefficient (Wildman–Crippen LogP) is 2.51. The number of anilines is 1. The summed E-state index contributed by atoms with van der Waals surface area (Å²) in [6, 6.07) is 4.35. The molecule has 21 heavy (non-hydrogen) atoms. The summed E-state index contributed by atoms with van der Waals surface area (Å²) in [4.78, 5) is 12.6. The first-order chi connectivity index (χ1) is 10.0. The number of hydrogen-bond acceptors (Lipinski definition) is 4. The number of thiophene rings is 1. The number of fused-ring (bicyclic) bond motifs is 1. The average Bonchev–Trinajstić information content (AvgIpc) is 3.01. The minimum atomic E-state index is -0.362. The minimum absolute atomic E-state index is 0.226. The van der Waals surface area contributed by atoms with Crippen LogP contribution in [0.3, 0.4) is 0 Å². The van der Waals surface area contributed by atoms with E-state index in [1.165, 1.54) is 23.5 Å². The molecule has 3 rings (SSSR count). The molecule has 1 aromatic heterocycles. The summed E-state index contributed by atoms with van der Waals surface area (Å²) >= 11 is 1.27. The predicted molar refractivity (Wildman–Crippen MR) is 81.9 cm³/mol. The van der Waals surface area contributed by atoms with Crippen LogP contribution in [0.5, 0.6) is 0 Å². The van der Waals surface area contributed by atoms with Crippen LogP contribution in [0.15, 0.2) is 18.2 Å². The molecule has 0 spiro atoms. The van der Waals surface area contributed by atoms with Gasteiger partial charge in [0.15, 0.2) is 0 Å². The lowest BCUT2D eigenvalue weighted by Crippen LogP contribution is -2.28. The average molecular weight is 308 g/mol. The quantitative estimate of drug-likeness (QED) is 0.815. The van der Waals surface area contributed by atoms with E-state index in [0.717, 1.165) is 24.0 Å². The van der Waals surface area contributed by atoms with E-state index < -0.39 is 0 Å². The maximum absolute atomic E-state index is 13.2. The van der Waals surface area contributed by atoms with E-state index in [1.807, 2.05) is 0 Å². The molecular weight excluding hydrogens is 291 g/mol. The van der Waals surface area contributed by atoms with Crippen LogP contribution in [0.25, 0.3) is 10.1 Å². The van der Waals surface area contributed by atoms with Gasteiger partial charge in [-0.15, -0.1) is 11.3 Å². The van der Waals surface area contributed by atoms with Gasteiger partial charge < -0.3 is 16.2 Å². The molecular formula is C15H17FN2O2S. The molecule has 0 saturated heterocycles. The Morgan fingerprint density at radius 1 is 1.48 bits per heavy atom. The molecule has 2 unspecified atom stereocenters. The normalized spacial score (nSPS) is 21.8. The molecule has 112 valence electrons. The van der Waals surface area contributed by atoms with Crippen LogP contribution in [0, 0.1) is 11.7 Å². The summed E-state index contributed by atoms with van der Waals surface area (Å²) in [5.41, 5.74) is 6.29. The van der Waals surface area contributed by atoms with Crippen LogP contribution >= 0.6 is 11.3 Å². The molecule has 6 heteroatoms. The van der Waals surface area contributed by atoms with Crippen LogP contribution in [-0.2, 0) is 0 Å². The summed E-state index contributed by atoms with van der Waals surface area (Å²) in [5.74, 6) is -0.272. The second-order valence-corrected chi connectivity index (χ2v) is 6.58. The van der Waals surface area contributed by atoms with Crippen LogP contribution in [-0.4, -0.2) is 23.7 Å². The first kappa shape index (κ1) is 14.3. The van der Waals surface area contributed by atoms with Gasteiger partial charge in [0, 0.05) is 16.6 Å². The fourth-order valence-electron chi connectivity index (χ4n) is 2.81. The van der Waals surface area contributed by atoms with Crippen LogP contribution < -0.4 is 11.1 Å². The molecule has 1 saturated carbocycles. The topological polar surface area (TPSA) is 75.4 Å². The highest BCUT2D eigenvalue weighted by atomic mass is 32.1. The molecule has 2 aromatic rings. The molecule has 1 amide bonds. The second kappa shape index (κ2) is 5.61. The molecule has 0 bridgehead atoms. The number of nitrogens with one attached hydrogen (secondary N) is 1. The van der Waals surface area contributed by atoms with Crippen molar-refractivity contribution in [3.63, 3.8) is 0 Å². The first-order valence-corrected chi connectivity index (χ1v) is 7.80. The van der Waals surface area contributed by atoms with E-state index in [-0.39, 0.29) is 17.8 Å². The van der Waals surface area contributed by atoms with E-state index >= 15 is 0 Å². The largest absolute Gasteiger partial charge is 0.397 e. The van der Waals surface area contributed by atoms with Gasteiger partial charge in [0.05, 0.1) is 11.8 Å². The lowest BCUT2D eigenvalue weighted by atomic mass is 10.1. The molecule has 4 N–H and O–H groups in total. The van der Waals surface area contributed by atoms with Gasteiger partial charge in [-0.1, -0.05) is 0 Å². The lowest BCUT2D eigenvalue weighted by Gasteiger charge is -2.10. The van der Waals surface area contributed by atoms with Crippen molar-refractivity contribution in [2.24, 2.45) is 5.92 Å². The SMILES string of the molecule is Nc1c(C(=O)NCC2CCC(O)C2)sc2ccc(F)cc12. The number of amides is 1. The Morgan fingerprint density at radius 2 is 2.29 bits per heavy atom. The molecule has 1 aliphatic rings. The van der Waals surface area contributed by atoms with Gasteiger partial charge in [0.2, 0.25) is 0 Å². The van der Waals surface area contributed by atoms with E-state index in [1.54, 1.807) is 6.07 Å². The van der Waals surface area contributed by atoms with Crippen molar-refractivity contribution < 1.29 is 14.3 Å². The van der Waals surface area contributed by atoms with Gasteiger partial charge in [-0.2, -0.15) is 0 Å². The Balaban J connectivity index is 1.74. The van der Waals surface area contributed by atoms with Crippen LogP contribution in [0.1, 0.15) is 28.9 Å². The molecule has 0 aliphatic heterocycles. The number of halogens is 1. The van der Waals surface area contributed by atoms with Gasteiger partial charge in [-0.05, 0) is 43.4 Å². The molecule has 1 aliphatic carbocycles. The Morgan fingerprint density at radius 3 is 3.00 bits per heavy atom.